The van der Waals surface area contributed by atoms with Crippen molar-refractivity contribution in [3.8, 4) is 17.2 Å². The average molecular weight is 472 g/mol. The van der Waals surface area contributed by atoms with Crippen molar-refractivity contribution < 1.29 is 31.8 Å². The second kappa shape index (κ2) is 9.37. The average Bonchev–Trinajstić information content (AvgIpc) is 3.05. The van der Waals surface area contributed by atoms with Crippen molar-refractivity contribution in [2.24, 2.45) is 0 Å². The Morgan fingerprint density at radius 1 is 0.939 bits per heavy atom. The molecule has 4 rings (SSSR count). The van der Waals surface area contributed by atoms with E-state index in [1.54, 1.807) is 6.07 Å². The topological polar surface area (TPSA) is 103 Å². The van der Waals surface area contributed by atoms with Crippen LogP contribution in [-0.4, -0.2) is 34.6 Å². The van der Waals surface area contributed by atoms with E-state index in [1.807, 2.05) is 0 Å². The molecule has 1 heterocycles. The number of nitrogens with one attached hydrogen (secondary N) is 2. The summed E-state index contributed by atoms with van der Waals surface area (Å²) in [5.74, 6) is -0.245. The van der Waals surface area contributed by atoms with Gasteiger partial charge in [-0.3, -0.25) is 9.52 Å². The van der Waals surface area contributed by atoms with Gasteiger partial charge in [-0.05, 0) is 54.6 Å². The summed E-state index contributed by atoms with van der Waals surface area (Å²) in [5, 5.41) is 2.63. The summed E-state index contributed by atoms with van der Waals surface area (Å²) in [6.45, 7) is 0.952. The van der Waals surface area contributed by atoms with Crippen molar-refractivity contribution in [2.75, 3.05) is 30.4 Å². The fourth-order valence-electron chi connectivity index (χ4n) is 3.16. The second-order valence-corrected chi connectivity index (χ2v) is 8.83. The highest BCUT2D eigenvalue weighted by molar-refractivity contribution is 7.92. The third kappa shape index (κ3) is 5.17. The van der Waals surface area contributed by atoms with Crippen LogP contribution in [0.15, 0.2) is 65.6 Å². The van der Waals surface area contributed by atoms with E-state index >= 15 is 0 Å². The van der Waals surface area contributed by atoms with E-state index in [0.717, 1.165) is 6.07 Å². The number of sulfonamides is 1. The third-order valence-corrected chi connectivity index (χ3v) is 6.22. The lowest BCUT2D eigenvalue weighted by Crippen LogP contribution is -2.14. The van der Waals surface area contributed by atoms with Crippen molar-refractivity contribution in [3.05, 3.63) is 72.0 Å². The Kier molecular flexibility index (Phi) is 6.36. The number of methoxy groups -OCH3 is 1. The van der Waals surface area contributed by atoms with Crippen LogP contribution in [0.25, 0.3) is 0 Å². The summed E-state index contributed by atoms with van der Waals surface area (Å²) in [4.78, 5) is 12.4. The molecule has 33 heavy (non-hydrogen) atoms. The molecular weight excluding hydrogens is 451 g/mol. The summed E-state index contributed by atoms with van der Waals surface area (Å²) < 4.78 is 57.8. The number of fused-ring (bicyclic) bond motifs is 1. The van der Waals surface area contributed by atoms with Crippen molar-refractivity contribution in [1.29, 1.82) is 0 Å². The van der Waals surface area contributed by atoms with Crippen LogP contribution in [0.5, 0.6) is 17.2 Å². The molecule has 0 atom stereocenters. The van der Waals surface area contributed by atoms with Crippen molar-refractivity contribution in [3.63, 3.8) is 0 Å². The molecule has 0 spiro atoms. The summed E-state index contributed by atoms with van der Waals surface area (Å²) in [7, 11) is -2.54. The van der Waals surface area contributed by atoms with E-state index in [2.05, 4.69) is 10.0 Å². The molecule has 1 aliphatic rings. The van der Waals surface area contributed by atoms with Crippen LogP contribution < -0.4 is 24.2 Å². The minimum Gasteiger partial charge on any atom is -0.494 e. The number of rotatable bonds is 6. The Labute approximate surface area is 190 Å². The Morgan fingerprint density at radius 2 is 1.64 bits per heavy atom. The van der Waals surface area contributed by atoms with Crippen LogP contribution >= 0.6 is 0 Å². The van der Waals surface area contributed by atoms with Gasteiger partial charge in [0.15, 0.2) is 23.1 Å². The monoisotopic (exact) mass is 472 g/mol. The molecule has 0 aliphatic carbocycles. The molecule has 0 saturated heterocycles. The highest BCUT2D eigenvalue weighted by Gasteiger charge is 2.19. The van der Waals surface area contributed by atoms with Gasteiger partial charge in [0.2, 0.25) is 0 Å². The highest BCUT2D eigenvalue weighted by atomic mass is 32.2. The number of amides is 1. The van der Waals surface area contributed by atoms with E-state index in [9.17, 15) is 17.6 Å². The van der Waals surface area contributed by atoms with Gasteiger partial charge in [-0.15, -0.1) is 0 Å². The first-order chi connectivity index (χ1) is 15.9. The van der Waals surface area contributed by atoms with Crippen LogP contribution in [0.4, 0.5) is 15.8 Å². The molecule has 0 aromatic heterocycles. The van der Waals surface area contributed by atoms with Gasteiger partial charge < -0.3 is 19.5 Å². The van der Waals surface area contributed by atoms with Crippen LogP contribution in [-0.2, 0) is 10.0 Å². The van der Waals surface area contributed by atoms with E-state index in [0.29, 0.717) is 42.5 Å². The fourth-order valence-corrected chi connectivity index (χ4v) is 4.23. The Morgan fingerprint density at radius 3 is 2.33 bits per heavy atom. The summed E-state index contributed by atoms with van der Waals surface area (Å²) in [6, 6.07) is 14.4. The zero-order valence-corrected chi connectivity index (χ0v) is 18.4. The summed E-state index contributed by atoms with van der Waals surface area (Å²) >= 11 is 0. The van der Waals surface area contributed by atoms with Crippen molar-refractivity contribution in [2.45, 2.75) is 11.3 Å². The minimum absolute atomic E-state index is 0.0330. The van der Waals surface area contributed by atoms with E-state index < -0.39 is 21.7 Å². The Hall–Kier alpha value is -3.79. The number of halogens is 1. The molecule has 1 amide bonds. The number of ether oxygens (including phenoxy) is 3. The minimum atomic E-state index is -3.88. The molecular formula is C23H21FN2O6S. The van der Waals surface area contributed by atoms with Crippen LogP contribution in [0.1, 0.15) is 16.8 Å². The lowest BCUT2D eigenvalue weighted by atomic mass is 10.2. The molecule has 3 aromatic rings. The number of hydrogen-bond donors (Lipinski definition) is 2. The molecule has 0 unspecified atom stereocenters. The smallest absolute Gasteiger partial charge is 0.262 e. The molecule has 0 bridgehead atoms. The third-order valence-electron chi connectivity index (χ3n) is 4.84. The first-order valence-corrected chi connectivity index (χ1v) is 11.5. The summed E-state index contributed by atoms with van der Waals surface area (Å²) in [6.07, 6.45) is 0.714. The molecule has 0 saturated carbocycles. The quantitative estimate of drug-likeness (QED) is 0.561. The molecule has 2 N–H and O–H groups in total. The van der Waals surface area contributed by atoms with Gasteiger partial charge in [0.25, 0.3) is 15.9 Å². The molecule has 3 aromatic carbocycles. The lowest BCUT2D eigenvalue weighted by molar-refractivity contribution is 0.102. The molecule has 0 fully saturated rings. The number of carbonyl (C=O) groups is 1. The van der Waals surface area contributed by atoms with Gasteiger partial charge in [0.1, 0.15) is 0 Å². The largest absolute Gasteiger partial charge is 0.494 e. The van der Waals surface area contributed by atoms with Gasteiger partial charge in [-0.2, -0.15) is 0 Å². The van der Waals surface area contributed by atoms with Gasteiger partial charge in [-0.1, -0.05) is 0 Å². The highest BCUT2D eigenvalue weighted by Crippen LogP contribution is 2.32. The second-order valence-electron chi connectivity index (χ2n) is 7.15. The normalized spacial score (nSPS) is 13.0. The van der Waals surface area contributed by atoms with Gasteiger partial charge in [-0.25, -0.2) is 12.8 Å². The van der Waals surface area contributed by atoms with Crippen LogP contribution in [0, 0.1) is 5.82 Å². The molecule has 1 aliphatic heterocycles. The standard InChI is InChI=1S/C23H21FN2O6S/c1-30-20-9-3-15(13-19(20)24)23(27)25-16-4-6-17(7-5-16)26-33(28,29)18-8-10-21-22(14-18)32-12-2-11-31-21/h3-10,13-14,26H,2,11-12H2,1H3,(H,25,27). The number of carbonyl (C=O) groups excluding carboxylic acids is 1. The van der Waals surface area contributed by atoms with Crippen molar-refractivity contribution >= 4 is 27.3 Å². The Bertz CT molecular complexity index is 1280. The first kappa shape index (κ1) is 22.4. The van der Waals surface area contributed by atoms with Crippen molar-refractivity contribution in [1.82, 2.24) is 0 Å². The first-order valence-electron chi connectivity index (χ1n) is 10.0. The van der Waals surface area contributed by atoms with Crippen LogP contribution in [0.2, 0.25) is 0 Å². The maximum atomic E-state index is 13.8. The maximum Gasteiger partial charge on any atom is 0.262 e. The molecule has 0 radical (unpaired) electrons. The van der Waals surface area contributed by atoms with Gasteiger partial charge >= 0.3 is 0 Å². The molecule has 8 nitrogen and oxygen atoms in total. The van der Waals surface area contributed by atoms with Gasteiger partial charge in [0.05, 0.1) is 25.2 Å². The van der Waals surface area contributed by atoms with E-state index in [4.69, 9.17) is 14.2 Å². The maximum absolute atomic E-state index is 13.8. The predicted octanol–water partition coefficient (Wildman–Crippen LogP) is 4.05. The van der Waals surface area contributed by atoms with E-state index in [-0.39, 0.29) is 16.2 Å². The number of anilines is 2. The SMILES string of the molecule is COc1ccc(C(=O)Nc2ccc(NS(=O)(=O)c3ccc4c(c3)OCCCO4)cc2)cc1F. The van der Waals surface area contributed by atoms with Crippen LogP contribution in [0.3, 0.4) is 0 Å². The zero-order valence-electron chi connectivity index (χ0n) is 17.6. The molecule has 172 valence electrons. The molecule has 10 heteroatoms. The number of benzene rings is 3. The van der Waals surface area contributed by atoms with E-state index in [1.165, 1.54) is 55.6 Å². The summed E-state index contributed by atoms with van der Waals surface area (Å²) in [5.41, 5.74) is 0.831. The lowest BCUT2D eigenvalue weighted by Gasteiger charge is -2.12. The predicted molar refractivity (Wildman–Crippen MR) is 120 cm³/mol. The van der Waals surface area contributed by atoms with Gasteiger partial charge in [0, 0.05) is 29.4 Å². The number of hydrogen-bond acceptors (Lipinski definition) is 6. The zero-order chi connectivity index (χ0) is 23.4. The fraction of sp³-hybridized carbons (Fsp3) is 0.174. The Balaban J connectivity index is 1.44.